The van der Waals surface area contributed by atoms with Crippen LogP contribution in [0, 0.1) is 0 Å². The number of aromatic nitrogens is 1. The van der Waals surface area contributed by atoms with E-state index in [4.69, 9.17) is 0 Å². The van der Waals surface area contributed by atoms with Crippen molar-refractivity contribution in [2.24, 2.45) is 0 Å². The lowest BCUT2D eigenvalue weighted by molar-refractivity contribution is 0.0974. The van der Waals surface area contributed by atoms with E-state index in [1.54, 1.807) is 6.07 Å². The van der Waals surface area contributed by atoms with Gasteiger partial charge in [-0.05, 0) is 49.8 Å². The van der Waals surface area contributed by atoms with Gasteiger partial charge in [0.05, 0.1) is 4.90 Å². The number of rotatable bonds is 4. The molecule has 0 saturated heterocycles. The molecular weight excluding hydrogens is 336 g/mol. The molecule has 0 bridgehead atoms. The molecule has 2 N–H and O–H groups in total. The average molecular weight is 360 g/mol. The van der Waals surface area contributed by atoms with Crippen molar-refractivity contribution in [3.63, 3.8) is 0 Å². The topological polar surface area (TPSA) is 79.0 Å². The third-order valence-electron chi connectivity index (χ3n) is 5.51. The molecule has 1 fully saturated rings. The summed E-state index contributed by atoms with van der Waals surface area (Å²) in [5.74, 6) is 0.161. The molecule has 1 aromatic heterocycles. The fourth-order valence-electron chi connectivity index (χ4n) is 4.23. The van der Waals surface area contributed by atoms with Crippen LogP contribution >= 0.6 is 0 Å². The Morgan fingerprint density at radius 3 is 2.64 bits per heavy atom. The van der Waals surface area contributed by atoms with E-state index in [0.29, 0.717) is 17.7 Å². The van der Waals surface area contributed by atoms with Gasteiger partial charge in [-0.15, -0.1) is 0 Å². The van der Waals surface area contributed by atoms with Crippen LogP contribution in [0.3, 0.4) is 0 Å². The normalized spacial score (nSPS) is 18.8. The number of ketones is 1. The molecule has 1 heterocycles. The van der Waals surface area contributed by atoms with Crippen molar-refractivity contribution in [3.8, 4) is 0 Å². The number of aromatic amines is 1. The van der Waals surface area contributed by atoms with Gasteiger partial charge in [0, 0.05) is 34.6 Å². The van der Waals surface area contributed by atoms with Gasteiger partial charge in [-0.25, -0.2) is 13.1 Å². The van der Waals surface area contributed by atoms with E-state index in [1.807, 2.05) is 13.0 Å². The van der Waals surface area contributed by atoms with Crippen LogP contribution in [0.15, 0.2) is 17.0 Å². The number of aryl methyl sites for hydroxylation is 2. The van der Waals surface area contributed by atoms with Crippen LogP contribution in [0.4, 0.5) is 0 Å². The van der Waals surface area contributed by atoms with E-state index in [0.717, 1.165) is 66.2 Å². The fraction of sp³-hybridized carbons (Fsp3) is 0.526. The molecule has 25 heavy (non-hydrogen) atoms. The Hall–Kier alpha value is -1.66. The minimum Gasteiger partial charge on any atom is -0.358 e. The molecular formula is C19H24N2O3S. The molecule has 0 atom stereocenters. The van der Waals surface area contributed by atoms with Crippen LogP contribution in [0.5, 0.6) is 0 Å². The summed E-state index contributed by atoms with van der Waals surface area (Å²) in [5, 5.41) is 0.872. The Bertz CT molecular complexity index is 937. The first-order valence-corrected chi connectivity index (χ1v) is 10.7. The Labute approximate surface area is 148 Å². The molecule has 4 rings (SSSR count). The van der Waals surface area contributed by atoms with Gasteiger partial charge in [0.1, 0.15) is 0 Å². The van der Waals surface area contributed by atoms with Crippen molar-refractivity contribution in [1.82, 2.24) is 9.71 Å². The second-order valence-corrected chi connectivity index (χ2v) is 8.90. The molecule has 134 valence electrons. The molecule has 2 aromatic rings. The zero-order valence-electron chi connectivity index (χ0n) is 14.5. The maximum atomic E-state index is 12.9. The highest BCUT2D eigenvalue weighted by atomic mass is 32.2. The van der Waals surface area contributed by atoms with E-state index in [9.17, 15) is 13.2 Å². The van der Waals surface area contributed by atoms with Crippen molar-refractivity contribution >= 4 is 26.7 Å². The van der Waals surface area contributed by atoms with Gasteiger partial charge < -0.3 is 4.98 Å². The Balaban J connectivity index is 1.82. The summed E-state index contributed by atoms with van der Waals surface area (Å²) in [4.78, 5) is 16.0. The Morgan fingerprint density at radius 1 is 1.16 bits per heavy atom. The smallest absolute Gasteiger partial charge is 0.241 e. The molecule has 2 aliphatic rings. The van der Waals surface area contributed by atoms with E-state index < -0.39 is 10.0 Å². The highest BCUT2D eigenvalue weighted by molar-refractivity contribution is 7.89. The lowest BCUT2D eigenvalue weighted by Gasteiger charge is -2.15. The summed E-state index contributed by atoms with van der Waals surface area (Å²) in [6.07, 6.45) is 6.88. The van der Waals surface area contributed by atoms with Crippen LogP contribution < -0.4 is 4.72 Å². The number of Topliss-reactive ketones (excluding diaryl/α,β-unsaturated/α-hetero) is 1. The van der Waals surface area contributed by atoms with Crippen molar-refractivity contribution in [3.05, 3.63) is 29.0 Å². The number of carbonyl (C=O) groups excluding carboxylic acids is 1. The van der Waals surface area contributed by atoms with Crippen LogP contribution in [-0.2, 0) is 22.9 Å². The molecule has 0 radical (unpaired) electrons. The summed E-state index contributed by atoms with van der Waals surface area (Å²) in [6.45, 7) is 1.96. The number of fused-ring (bicyclic) bond motifs is 3. The summed E-state index contributed by atoms with van der Waals surface area (Å²) in [5.41, 5.74) is 3.25. The highest BCUT2D eigenvalue weighted by Crippen LogP contribution is 2.33. The van der Waals surface area contributed by atoms with Crippen LogP contribution in [0.2, 0.25) is 0 Å². The number of carbonyl (C=O) groups is 1. The highest BCUT2D eigenvalue weighted by Gasteiger charge is 2.28. The number of benzene rings is 1. The maximum Gasteiger partial charge on any atom is 0.241 e. The average Bonchev–Trinajstić information content (AvgIpc) is 3.20. The monoisotopic (exact) mass is 360 g/mol. The molecule has 1 aromatic carbocycles. The van der Waals surface area contributed by atoms with Gasteiger partial charge in [-0.3, -0.25) is 4.79 Å². The molecule has 1 saturated carbocycles. The molecule has 5 nitrogen and oxygen atoms in total. The Kier molecular flexibility index (Phi) is 4.20. The largest absolute Gasteiger partial charge is 0.358 e. The third-order valence-corrected chi connectivity index (χ3v) is 7.12. The number of hydrogen-bond donors (Lipinski definition) is 2. The second kappa shape index (κ2) is 6.25. The molecule has 6 heteroatoms. The minimum absolute atomic E-state index is 0.0452. The summed E-state index contributed by atoms with van der Waals surface area (Å²) >= 11 is 0. The van der Waals surface area contributed by atoms with Gasteiger partial charge in [0.2, 0.25) is 10.0 Å². The van der Waals surface area contributed by atoms with E-state index in [1.165, 1.54) is 0 Å². The fourth-order valence-corrected chi connectivity index (χ4v) is 5.86. The van der Waals surface area contributed by atoms with Gasteiger partial charge in [-0.1, -0.05) is 19.8 Å². The van der Waals surface area contributed by atoms with E-state index in [2.05, 4.69) is 9.71 Å². The molecule has 0 unspecified atom stereocenters. The summed E-state index contributed by atoms with van der Waals surface area (Å²) in [6, 6.07) is 3.66. The molecule has 2 aliphatic carbocycles. The first-order valence-electron chi connectivity index (χ1n) is 9.22. The SMILES string of the molecule is CCc1cc2c3c([nH]c2cc1S(=O)(=O)NC1CCCC1)CCCC3=O. The van der Waals surface area contributed by atoms with Crippen molar-refractivity contribution in [1.29, 1.82) is 0 Å². The zero-order chi connectivity index (χ0) is 17.6. The van der Waals surface area contributed by atoms with Crippen molar-refractivity contribution in [2.75, 3.05) is 0 Å². The Morgan fingerprint density at radius 2 is 1.92 bits per heavy atom. The van der Waals surface area contributed by atoms with E-state index >= 15 is 0 Å². The minimum atomic E-state index is -3.55. The number of H-pyrrole nitrogens is 1. The van der Waals surface area contributed by atoms with Gasteiger partial charge in [0.25, 0.3) is 0 Å². The van der Waals surface area contributed by atoms with Gasteiger partial charge >= 0.3 is 0 Å². The lowest BCUT2D eigenvalue weighted by Crippen LogP contribution is -2.33. The quantitative estimate of drug-likeness (QED) is 0.876. The summed E-state index contributed by atoms with van der Waals surface area (Å²) < 4.78 is 28.7. The van der Waals surface area contributed by atoms with Gasteiger partial charge in [-0.2, -0.15) is 0 Å². The number of hydrogen-bond acceptors (Lipinski definition) is 3. The first kappa shape index (κ1) is 16.8. The third kappa shape index (κ3) is 2.91. The van der Waals surface area contributed by atoms with Crippen molar-refractivity contribution < 1.29 is 13.2 Å². The van der Waals surface area contributed by atoms with Crippen molar-refractivity contribution in [2.45, 2.75) is 69.2 Å². The molecule has 0 spiro atoms. The van der Waals surface area contributed by atoms with Gasteiger partial charge in [0.15, 0.2) is 5.78 Å². The second-order valence-electron chi connectivity index (χ2n) is 7.22. The predicted molar refractivity (Wildman–Crippen MR) is 97.5 cm³/mol. The number of sulfonamides is 1. The van der Waals surface area contributed by atoms with Crippen LogP contribution in [0.25, 0.3) is 10.9 Å². The molecule has 0 aliphatic heterocycles. The van der Waals surface area contributed by atoms with E-state index in [-0.39, 0.29) is 11.8 Å². The summed E-state index contributed by atoms with van der Waals surface area (Å²) in [7, 11) is -3.55. The number of nitrogens with one attached hydrogen (secondary N) is 2. The van der Waals surface area contributed by atoms with Crippen LogP contribution in [0.1, 0.15) is 67.1 Å². The standard InChI is InChI=1S/C19H24N2O3S/c1-2-12-10-14-16(20-15-8-5-9-17(22)19(14)15)11-18(12)25(23,24)21-13-6-3-4-7-13/h10-11,13,20-21H,2-9H2,1H3. The maximum absolute atomic E-state index is 12.9. The lowest BCUT2D eigenvalue weighted by atomic mass is 9.94. The molecule has 0 amide bonds. The zero-order valence-corrected chi connectivity index (χ0v) is 15.3. The van der Waals surface area contributed by atoms with Crippen LogP contribution in [-0.4, -0.2) is 25.2 Å². The predicted octanol–water partition coefficient (Wildman–Crippen LogP) is 3.47. The first-order chi connectivity index (χ1) is 12.0.